The molecule has 2 nitrogen and oxygen atoms in total. The van der Waals surface area contributed by atoms with Crippen LogP contribution >= 0.6 is 23.4 Å². The van der Waals surface area contributed by atoms with Gasteiger partial charge in [0.25, 0.3) is 0 Å². The Balaban J connectivity index is 2.23. The van der Waals surface area contributed by atoms with Gasteiger partial charge in [0.1, 0.15) is 0 Å². The van der Waals surface area contributed by atoms with Crippen LogP contribution in [0.5, 0.6) is 0 Å². The van der Waals surface area contributed by atoms with E-state index in [1.165, 1.54) is 12.8 Å². The van der Waals surface area contributed by atoms with Crippen molar-refractivity contribution in [2.45, 2.75) is 43.5 Å². The van der Waals surface area contributed by atoms with Gasteiger partial charge in [-0.1, -0.05) is 12.8 Å². The van der Waals surface area contributed by atoms with Gasteiger partial charge in [-0.3, -0.25) is 4.79 Å². The van der Waals surface area contributed by atoms with E-state index in [1.54, 1.807) is 11.8 Å². The summed E-state index contributed by atoms with van der Waals surface area (Å²) in [5.41, 5.74) is 0. The summed E-state index contributed by atoms with van der Waals surface area (Å²) in [5, 5.41) is 3.16. The molecular weight excluding hydrogens is 218 g/mol. The van der Waals surface area contributed by atoms with Crippen LogP contribution in [-0.2, 0) is 4.79 Å². The second-order valence-corrected chi connectivity index (χ2v) is 5.26. The van der Waals surface area contributed by atoms with Gasteiger partial charge >= 0.3 is 0 Å². The standard InChI is InChI=1S/C10H18ClNOS/c1-14-7-6-10(13)12-9-5-3-2-4-8(9)11/h8-9H,2-7H2,1H3,(H,12,13). The molecule has 0 aromatic carbocycles. The predicted octanol–water partition coefficient (Wildman–Crippen LogP) is 2.41. The van der Waals surface area contributed by atoms with Crippen LogP contribution < -0.4 is 5.32 Å². The summed E-state index contributed by atoms with van der Waals surface area (Å²) >= 11 is 7.84. The highest BCUT2D eigenvalue weighted by Crippen LogP contribution is 2.22. The minimum Gasteiger partial charge on any atom is -0.352 e. The molecule has 0 aliphatic heterocycles. The first kappa shape index (κ1) is 12.2. The minimum atomic E-state index is 0.141. The number of hydrogen-bond acceptors (Lipinski definition) is 2. The van der Waals surface area contributed by atoms with Gasteiger partial charge in [0.05, 0.1) is 5.38 Å². The summed E-state index contributed by atoms with van der Waals surface area (Å²) in [5.74, 6) is 1.04. The Kier molecular flexibility index (Phi) is 5.71. The van der Waals surface area contributed by atoms with Crippen LogP contribution in [0.2, 0.25) is 0 Å². The van der Waals surface area contributed by atoms with E-state index in [1.807, 2.05) is 6.26 Å². The van der Waals surface area contributed by atoms with Gasteiger partial charge in [0.2, 0.25) is 5.91 Å². The summed E-state index contributed by atoms with van der Waals surface area (Å²) in [6.07, 6.45) is 7.09. The Morgan fingerprint density at radius 2 is 2.21 bits per heavy atom. The third-order valence-electron chi connectivity index (χ3n) is 2.56. The summed E-state index contributed by atoms with van der Waals surface area (Å²) < 4.78 is 0. The summed E-state index contributed by atoms with van der Waals surface area (Å²) in [4.78, 5) is 11.4. The molecule has 1 N–H and O–H groups in total. The number of rotatable bonds is 4. The van der Waals surface area contributed by atoms with Crippen LogP contribution in [0, 0.1) is 0 Å². The molecule has 0 aromatic rings. The predicted molar refractivity (Wildman–Crippen MR) is 63.0 cm³/mol. The number of hydrogen-bond donors (Lipinski definition) is 1. The van der Waals surface area contributed by atoms with Gasteiger partial charge < -0.3 is 5.32 Å². The quantitative estimate of drug-likeness (QED) is 0.759. The fourth-order valence-electron chi connectivity index (χ4n) is 1.72. The summed E-state index contributed by atoms with van der Waals surface area (Å²) in [6, 6.07) is 0.208. The Bertz CT molecular complexity index is 189. The van der Waals surface area contributed by atoms with E-state index in [0.717, 1.165) is 18.6 Å². The van der Waals surface area contributed by atoms with Gasteiger partial charge in [-0.2, -0.15) is 11.8 Å². The molecule has 0 radical (unpaired) electrons. The third kappa shape index (κ3) is 4.09. The zero-order valence-corrected chi connectivity index (χ0v) is 10.2. The number of alkyl halides is 1. The SMILES string of the molecule is CSCCC(=O)NC1CCCCC1Cl. The number of nitrogens with one attached hydrogen (secondary N) is 1. The maximum Gasteiger partial charge on any atom is 0.221 e. The highest BCUT2D eigenvalue weighted by atomic mass is 35.5. The van der Waals surface area contributed by atoms with E-state index in [9.17, 15) is 4.79 Å². The van der Waals surface area contributed by atoms with Crippen LogP contribution in [0.4, 0.5) is 0 Å². The van der Waals surface area contributed by atoms with E-state index in [0.29, 0.717) is 6.42 Å². The van der Waals surface area contributed by atoms with Crippen molar-refractivity contribution < 1.29 is 4.79 Å². The van der Waals surface area contributed by atoms with Crippen molar-refractivity contribution in [3.8, 4) is 0 Å². The molecule has 82 valence electrons. The molecule has 4 heteroatoms. The molecule has 1 fully saturated rings. The Labute approximate surface area is 95.2 Å². The van der Waals surface area contributed by atoms with Crippen molar-refractivity contribution in [1.29, 1.82) is 0 Å². The van der Waals surface area contributed by atoms with E-state index in [-0.39, 0.29) is 17.3 Å². The van der Waals surface area contributed by atoms with Crippen molar-refractivity contribution in [3.05, 3.63) is 0 Å². The molecule has 2 unspecified atom stereocenters. The van der Waals surface area contributed by atoms with Crippen molar-refractivity contribution >= 4 is 29.3 Å². The number of carbonyl (C=O) groups is 1. The fourth-order valence-corrected chi connectivity index (χ4v) is 2.45. The minimum absolute atomic E-state index is 0.141. The summed E-state index contributed by atoms with van der Waals surface area (Å²) in [6.45, 7) is 0. The summed E-state index contributed by atoms with van der Waals surface area (Å²) in [7, 11) is 0. The highest BCUT2D eigenvalue weighted by Gasteiger charge is 2.24. The van der Waals surface area contributed by atoms with Crippen molar-refractivity contribution in [1.82, 2.24) is 5.32 Å². The first-order valence-corrected chi connectivity index (χ1v) is 6.99. The van der Waals surface area contributed by atoms with Gasteiger partial charge in [-0.15, -0.1) is 11.6 Å². The Morgan fingerprint density at radius 3 is 2.86 bits per heavy atom. The molecule has 14 heavy (non-hydrogen) atoms. The monoisotopic (exact) mass is 235 g/mol. The fraction of sp³-hybridized carbons (Fsp3) is 0.900. The van der Waals surface area contributed by atoms with Gasteiger partial charge in [0, 0.05) is 18.2 Å². The topological polar surface area (TPSA) is 29.1 Å². The van der Waals surface area contributed by atoms with Crippen molar-refractivity contribution in [2.24, 2.45) is 0 Å². The average Bonchev–Trinajstić information content (AvgIpc) is 2.18. The number of carbonyl (C=O) groups excluding carboxylic acids is 1. The van der Waals surface area contributed by atoms with E-state index >= 15 is 0 Å². The zero-order chi connectivity index (χ0) is 10.4. The van der Waals surface area contributed by atoms with Crippen LogP contribution in [0.1, 0.15) is 32.1 Å². The van der Waals surface area contributed by atoms with E-state index in [4.69, 9.17) is 11.6 Å². The first-order chi connectivity index (χ1) is 6.74. The molecule has 0 spiro atoms. The average molecular weight is 236 g/mol. The number of amides is 1. The second kappa shape index (κ2) is 6.57. The Hall–Kier alpha value is 0.110. The van der Waals surface area contributed by atoms with Gasteiger partial charge in [0.15, 0.2) is 0 Å². The lowest BCUT2D eigenvalue weighted by molar-refractivity contribution is -0.121. The molecule has 0 aromatic heterocycles. The van der Waals surface area contributed by atoms with Crippen LogP contribution in [0.25, 0.3) is 0 Å². The van der Waals surface area contributed by atoms with E-state index < -0.39 is 0 Å². The largest absolute Gasteiger partial charge is 0.352 e. The molecule has 0 heterocycles. The highest BCUT2D eigenvalue weighted by molar-refractivity contribution is 7.98. The molecule has 1 amide bonds. The molecular formula is C10H18ClNOS. The zero-order valence-electron chi connectivity index (χ0n) is 8.59. The second-order valence-electron chi connectivity index (χ2n) is 3.72. The van der Waals surface area contributed by atoms with E-state index in [2.05, 4.69) is 5.32 Å². The molecule has 1 aliphatic carbocycles. The number of halogens is 1. The molecule has 1 rings (SSSR count). The lowest BCUT2D eigenvalue weighted by Gasteiger charge is -2.27. The van der Waals surface area contributed by atoms with Crippen LogP contribution in [0.3, 0.4) is 0 Å². The lowest BCUT2D eigenvalue weighted by Crippen LogP contribution is -2.42. The molecule has 1 aliphatic rings. The molecule has 2 atom stereocenters. The third-order valence-corrected chi connectivity index (χ3v) is 3.70. The van der Waals surface area contributed by atoms with Crippen LogP contribution in [0.15, 0.2) is 0 Å². The van der Waals surface area contributed by atoms with Gasteiger partial charge in [-0.05, 0) is 19.1 Å². The Morgan fingerprint density at radius 1 is 1.50 bits per heavy atom. The maximum absolute atomic E-state index is 11.4. The van der Waals surface area contributed by atoms with Crippen molar-refractivity contribution in [3.63, 3.8) is 0 Å². The normalized spacial score (nSPS) is 27.3. The molecule has 1 saturated carbocycles. The lowest BCUT2D eigenvalue weighted by atomic mass is 9.95. The molecule has 0 saturated heterocycles. The van der Waals surface area contributed by atoms with Crippen molar-refractivity contribution in [2.75, 3.05) is 12.0 Å². The molecule has 0 bridgehead atoms. The van der Waals surface area contributed by atoms with Crippen LogP contribution in [-0.4, -0.2) is 29.3 Å². The van der Waals surface area contributed by atoms with Gasteiger partial charge in [-0.25, -0.2) is 0 Å². The first-order valence-electron chi connectivity index (χ1n) is 5.16. The maximum atomic E-state index is 11.4. The number of thioether (sulfide) groups is 1. The smallest absolute Gasteiger partial charge is 0.221 e.